The third kappa shape index (κ3) is 4.70. The Balaban J connectivity index is 1.34. The maximum atomic E-state index is 13.1. The van der Waals surface area contributed by atoms with Gasteiger partial charge in [0, 0.05) is 49.5 Å². The molecule has 2 saturated heterocycles. The van der Waals surface area contributed by atoms with Crippen LogP contribution in [0, 0.1) is 0 Å². The van der Waals surface area contributed by atoms with Crippen LogP contribution >= 0.6 is 0 Å². The molecule has 2 bridgehead atoms. The van der Waals surface area contributed by atoms with Crippen molar-refractivity contribution >= 4 is 41.0 Å². The first-order valence-corrected chi connectivity index (χ1v) is 13.1. The van der Waals surface area contributed by atoms with Crippen molar-refractivity contribution in [3.05, 3.63) is 29.7 Å². The zero-order valence-corrected chi connectivity index (χ0v) is 21.6. The molecule has 4 heterocycles. The third-order valence-electron chi connectivity index (χ3n) is 7.77. The number of carbonyl (C=O) groups excluding carboxylic acids is 3. The highest BCUT2D eigenvalue weighted by Gasteiger charge is 2.45. The lowest BCUT2D eigenvalue weighted by atomic mass is 10.1. The summed E-state index contributed by atoms with van der Waals surface area (Å²) >= 11 is 0. The second-order valence-electron chi connectivity index (χ2n) is 10.0. The van der Waals surface area contributed by atoms with Crippen LogP contribution in [0.1, 0.15) is 68.9 Å². The molecule has 3 amide bonds. The van der Waals surface area contributed by atoms with Gasteiger partial charge in [0.2, 0.25) is 12.4 Å². The number of nitrogens with one attached hydrogen (secondary N) is 2. The molecule has 2 aromatic heterocycles. The molecule has 5 rings (SSSR count). The summed E-state index contributed by atoms with van der Waals surface area (Å²) in [7, 11) is 1.63. The fourth-order valence-corrected chi connectivity index (χ4v) is 5.83. The number of amidine groups is 1. The van der Waals surface area contributed by atoms with E-state index in [9.17, 15) is 14.4 Å². The van der Waals surface area contributed by atoms with Crippen LogP contribution in [-0.4, -0.2) is 80.6 Å². The Morgan fingerprint density at radius 1 is 1.19 bits per heavy atom. The number of anilines is 1. The number of amides is 3. The first-order chi connectivity index (χ1) is 17.9. The van der Waals surface area contributed by atoms with Gasteiger partial charge in [0.05, 0.1) is 12.1 Å². The van der Waals surface area contributed by atoms with E-state index in [0.717, 1.165) is 49.5 Å². The van der Waals surface area contributed by atoms with Crippen LogP contribution in [0.15, 0.2) is 29.0 Å². The number of carbonyl (C=O) groups is 3. The van der Waals surface area contributed by atoms with E-state index in [-0.39, 0.29) is 29.9 Å². The van der Waals surface area contributed by atoms with E-state index >= 15 is 0 Å². The van der Waals surface area contributed by atoms with E-state index in [1.807, 2.05) is 22.5 Å². The monoisotopic (exact) mass is 506 g/mol. The Bertz CT molecular complexity index is 1280. The van der Waals surface area contributed by atoms with E-state index < -0.39 is 0 Å². The third-order valence-corrected chi connectivity index (χ3v) is 7.77. The minimum atomic E-state index is -0.135. The number of aliphatic imine (C=N–C) groups is 1. The second kappa shape index (κ2) is 10.3. The van der Waals surface area contributed by atoms with Gasteiger partial charge in [-0.25, -0.2) is 9.98 Å². The molecule has 3 aliphatic rings. The summed E-state index contributed by atoms with van der Waals surface area (Å²) in [5.41, 5.74) is 1.94. The average molecular weight is 507 g/mol. The van der Waals surface area contributed by atoms with Crippen LogP contribution in [0.4, 0.5) is 5.95 Å². The summed E-state index contributed by atoms with van der Waals surface area (Å²) in [5.74, 6) is 0.784. The van der Waals surface area contributed by atoms with Gasteiger partial charge < -0.3 is 25.0 Å². The Morgan fingerprint density at radius 2 is 1.97 bits per heavy atom. The lowest BCUT2D eigenvalue weighted by molar-refractivity contribution is -0.132. The van der Waals surface area contributed by atoms with Crippen LogP contribution in [0.2, 0.25) is 0 Å². The zero-order valence-electron chi connectivity index (χ0n) is 21.6. The number of fused-ring (bicyclic) bond motifs is 3. The molecular weight excluding hydrogens is 472 g/mol. The van der Waals surface area contributed by atoms with Crippen LogP contribution in [0.3, 0.4) is 0 Å². The molecule has 11 nitrogen and oxygen atoms in total. The predicted octanol–water partition coefficient (Wildman–Crippen LogP) is 2.47. The molecule has 0 aromatic carbocycles. The summed E-state index contributed by atoms with van der Waals surface area (Å²) in [6, 6.07) is 2.29. The number of rotatable bonds is 7. The van der Waals surface area contributed by atoms with E-state index in [2.05, 4.69) is 20.6 Å². The molecule has 2 aromatic rings. The number of hydrogen-bond donors (Lipinski definition) is 2. The fourth-order valence-electron chi connectivity index (χ4n) is 5.83. The molecule has 2 atom stereocenters. The van der Waals surface area contributed by atoms with Crippen molar-refractivity contribution in [2.45, 2.75) is 70.5 Å². The summed E-state index contributed by atoms with van der Waals surface area (Å²) in [4.78, 5) is 54.1. The highest BCUT2D eigenvalue weighted by molar-refractivity contribution is 5.99. The molecule has 2 unspecified atom stereocenters. The quantitative estimate of drug-likeness (QED) is 0.257. The average Bonchev–Trinajstić information content (AvgIpc) is 3.71. The lowest BCUT2D eigenvalue weighted by Gasteiger charge is -2.32. The summed E-state index contributed by atoms with van der Waals surface area (Å²) in [5, 5.41) is 6.68. The molecule has 0 radical (unpaired) electrons. The van der Waals surface area contributed by atoms with Crippen molar-refractivity contribution < 1.29 is 14.4 Å². The normalized spacial score (nSPS) is 22.2. The Kier molecular flexibility index (Phi) is 6.94. The first kappa shape index (κ1) is 24.9. The molecule has 1 aliphatic carbocycles. The maximum absolute atomic E-state index is 13.1. The van der Waals surface area contributed by atoms with E-state index in [0.29, 0.717) is 42.6 Å². The lowest BCUT2D eigenvalue weighted by Crippen LogP contribution is -2.48. The van der Waals surface area contributed by atoms with Gasteiger partial charge in [0.25, 0.3) is 11.8 Å². The maximum Gasteiger partial charge on any atom is 0.267 e. The van der Waals surface area contributed by atoms with Gasteiger partial charge in [-0.2, -0.15) is 4.98 Å². The Labute approximate surface area is 216 Å². The summed E-state index contributed by atoms with van der Waals surface area (Å²) in [6.07, 6.45) is 9.92. The van der Waals surface area contributed by atoms with E-state index in [4.69, 9.17) is 4.98 Å². The Hall–Kier alpha value is -3.76. The molecule has 0 spiro atoms. The van der Waals surface area contributed by atoms with Gasteiger partial charge in [-0.05, 0) is 38.7 Å². The predicted molar refractivity (Wildman–Crippen MR) is 140 cm³/mol. The highest BCUT2D eigenvalue weighted by Crippen LogP contribution is 2.34. The van der Waals surface area contributed by atoms with Crippen molar-refractivity contribution in [1.29, 1.82) is 0 Å². The summed E-state index contributed by atoms with van der Waals surface area (Å²) in [6.45, 7) is 4.91. The van der Waals surface area contributed by atoms with E-state index in [1.54, 1.807) is 31.3 Å². The molecule has 11 heteroatoms. The van der Waals surface area contributed by atoms with Crippen molar-refractivity contribution in [3.63, 3.8) is 0 Å². The van der Waals surface area contributed by atoms with Crippen molar-refractivity contribution in [3.8, 4) is 0 Å². The highest BCUT2D eigenvalue weighted by atomic mass is 16.2. The minimum Gasteiger partial charge on any atom is -0.354 e. The molecule has 3 fully saturated rings. The minimum absolute atomic E-state index is 0.0223. The molecule has 2 N–H and O–H groups in total. The van der Waals surface area contributed by atoms with Crippen LogP contribution in [-0.2, 0) is 9.59 Å². The zero-order chi connectivity index (χ0) is 26.1. The number of piperazine rings is 1. The summed E-state index contributed by atoms with van der Waals surface area (Å²) < 4.78 is 2.05. The van der Waals surface area contributed by atoms with Gasteiger partial charge in [-0.1, -0.05) is 19.8 Å². The van der Waals surface area contributed by atoms with Crippen molar-refractivity contribution in [2.24, 2.45) is 4.99 Å². The SMILES string of the molecule is CC/C(=C\N=C(C)Nc1ncc2cc(C(=O)NC)n(C3CCCC3)c2n1)C(=O)N1CC2CC1CN2C=O. The number of hydrogen-bond acceptors (Lipinski definition) is 6. The van der Waals surface area contributed by atoms with Crippen molar-refractivity contribution in [1.82, 2.24) is 29.7 Å². The second-order valence-corrected chi connectivity index (χ2v) is 10.0. The Morgan fingerprint density at radius 3 is 2.62 bits per heavy atom. The number of likely N-dealkylation sites (tertiary alicyclic amines) is 2. The van der Waals surface area contributed by atoms with E-state index in [1.165, 1.54) is 0 Å². The van der Waals surface area contributed by atoms with Crippen LogP contribution in [0.25, 0.3) is 11.0 Å². The molecule has 2 aliphatic heterocycles. The van der Waals surface area contributed by atoms with Gasteiger partial charge in [-0.3, -0.25) is 14.4 Å². The first-order valence-electron chi connectivity index (χ1n) is 13.1. The molecule has 196 valence electrons. The van der Waals surface area contributed by atoms with Crippen LogP contribution in [0.5, 0.6) is 0 Å². The standard InChI is InChI=1S/C26H34N8O3/c1-4-17(25(37)33-14-20-10-21(33)13-32(20)15-35)11-28-16(2)30-26-29-12-18-9-22(24(36)27-3)34(23(18)31-26)19-7-5-6-8-19/h9,11-12,15,19-21H,4-8,10,13-14H2,1-3H3,(H,27,36)(H,28,29,30,31)/b17-11+. The fraction of sp³-hybridized carbons (Fsp3) is 0.538. The molecule has 37 heavy (non-hydrogen) atoms. The van der Waals surface area contributed by atoms with Crippen LogP contribution < -0.4 is 10.6 Å². The van der Waals surface area contributed by atoms with Gasteiger partial charge in [0.15, 0.2) is 0 Å². The number of nitrogens with zero attached hydrogens (tertiary/aromatic N) is 6. The van der Waals surface area contributed by atoms with Crippen molar-refractivity contribution in [2.75, 3.05) is 25.5 Å². The van der Waals surface area contributed by atoms with Gasteiger partial charge in [-0.15, -0.1) is 0 Å². The topological polar surface area (TPSA) is 125 Å². The number of aromatic nitrogens is 3. The largest absolute Gasteiger partial charge is 0.354 e. The molecular formula is C26H34N8O3. The van der Waals surface area contributed by atoms with Gasteiger partial charge in [0.1, 0.15) is 17.2 Å². The smallest absolute Gasteiger partial charge is 0.267 e. The van der Waals surface area contributed by atoms with Gasteiger partial charge >= 0.3 is 0 Å². The molecule has 1 saturated carbocycles.